The summed E-state index contributed by atoms with van der Waals surface area (Å²) >= 11 is 6.06. The van der Waals surface area contributed by atoms with Gasteiger partial charge < -0.3 is 10.1 Å². The normalized spacial score (nSPS) is 10.9. The van der Waals surface area contributed by atoms with Crippen LogP contribution in [-0.2, 0) is 17.7 Å². The average Bonchev–Trinajstić information content (AvgIpc) is 2.65. The Morgan fingerprint density at radius 3 is 3.00 bits per heavy atom. The van der Waals surface area contributed by atoms with Crippen molar-refractivity contribution in [2.24, 2.45) is 0 Å². The van der Waals surface area contributed by atoms with Gasteiger partial charge in [0.2, 0.25) is 0 Å². The van der Waals surface area contributed by atoms with E-state index in [9.17, 15) is 0 Å². The molecule has 0 aromatic carbocycles. The van der Waals surface area contributed by atoms with Crippen molar-refractivity contribution in [2.75, 3.05) is 26.8 Å². The van der Waals surface area contributed by atoms with Crippen molar-refractivity contribution in [3.05, 3.63) is 16.9 Å². The fourth-order valence-electron chi connectivity index (χ4n) is 1.59. The summed E-state index contributed by atoms with van der Waals surface area (Å²) in [5, 5.41) is 8.29. The zero-order chi connectivity index (χ0) is 11.8. The van der Waals surface area contributed by atoms with Gasteiger partial charge in [-0.15, -0.1) is 0 Å². The van der Waals surface area contributed by atoms with E-state index in [1.807, 2.05) is 4.68 Å². The number of rotatable bonds is 8. The maximum atomic E-state index is 6.06. The van der Waals surface area contributed by atoms with Crippen LogP contribution in [-0.4, -0.2) is 36.6 Å². The zero-order valence-corrected chi connectivity index (χ0v) is 10.8. The molecule has 0 bridgehead atoms. The van der Waals surface area contributed by atoms with Gasteiger partial charge in [0.1, 0.15) is 0 Å². The van der Waals surface area contributed by atoms with Crippen molar-refractivity contribution in [3.8, 4) is 0 Å². The summed E-state index contributed by atoms with van der Waals surface area (Å²) in [4.78, 5) is 0. The molecular formula is C11H20ClN3O. The molecule has 0 amide bonds. The molecule has 0 fully saturated rings. The summed E-state index contributed by atoms with van der Waals surface area (Å²) in [5.74, 6) is 0. The second-order valence-corrected chi connectivity index (χ2v) is 4.01. The highest BCUT2D eigenvalue weighted by molar-refractivity contribution is 6.31. The number of nitrogens with zero attached hydrogens (tertiary/aromatic N) is 2. The fourth-order valence-corrected chi connectivity index (χ4v) is 1.82. The smallest absolute Gasteiger partial charge is 0.0817 e. The van der Waals surface area contributed by atoms with Gasteiger partial charge in [-0.2, -0.15) is 5.10 Å². The lowest BCUT2D eigenvalue weighted by Crippen LogP contribution is -2.21. The van der Waals surface area contributed by atoms with Gasteiger partial charge in [0, 0.05) is 20.2 Å². The topological polar surface area (TPSA) is 39.1 Å². The first-order valence-electron chi connectivity index (χ1n) is 5.69. The van der Waals surface area contributed by atoms with Crippen LogP contribution in [0.1, 0.15) is 19.0 Å². The van der Waals surface area contributed by atoms with Crippen molar-refractivity contribution in [1.29, 1.82) is 0 Å². The molecule has 0 aliphatic rings. The summed E-state index contributed by atoms with van der Waals surface area (Å²) in [6.45, 7) is 5.59. The molecule has 92 valence electrons. The Hall–Kier alpha value is -0.580. The van der Waals surface area contributed by atoms with Crippen LogP contribution in [0.25, 0.3) is 0 Å². The van der Waals surface area contributed by atoms with Gasteiger partial charge in [-0.3, -0.25) is 4.68 Å². The third-order valence-corrected chi connectivity index (χ3v) is 2.76. The molecular weight excluding hydrogens is 226 g/mol. The van der Waals surface area contributed by atoms with Crippen molar-refractivity contribution in [2.45, 2.75) is 26.3 Å². The fraction of sp³-hybridized carbons (Fsp3) is 0.727. The molecule has 0 saturated carbocycles. The summed E-state index contributed by atoms with van der Waals surface area (Å²) in [5.41, 5.74) is 1.14. The molecule has 0 unspecified atom stereocenters. The summed E-state index contributed by atoms with van der Waals surface area (Å²) in [7, 11) is 1.71. The molecule has 0 radical (unpaired) electrons. The maximum Gasteiger partial charge on any atom is 0.0817 e. The minimum Gasteiger partial charge on any atom is -0.383 e. The van der Waals surface area contributed by atoms with Gasteiger partial charge >= 0.3 is 0 Å². The Morgan fingerprint density at radius 2 is 2.31 bits per heavy atom. The lowest BCUT2D eigenvalue weighted by Gasteiger charge is -2.06. The Kier molecular flexibility index (Phi) is 6.45. The number of hydrogen-bond acceptors (Lipinski definition) is 3. The van der Waals surface area contributed by atoms with Crippen molar-refractivity contribution >= 4 is 11.6 Å². The summed E-state index contributed by atoms with van der Waals surface area (Å²) < 4.78 is 6.91. The molecule has 0 aliphatic carbocycles. The van der Waals surface area contributed by atoms with E-state index in [0.29, 0.717) is 0 Å². The van der Waals surface area contributed by atoms with E-state index < -0.39 is 0 Å². The molecule has 1 heterocycles. The van der Waals surface area contributed by atoms with Crippen molar-refractivity contribution in [3.63, 3.8) is 0 Å². The molecule has 0 spiro atoms. The largest absolute Gasteiger partial charge is 0.383 e. The number of halogens is 1. The minimum atomic E-state index is 0.758. The number of aromatic nitrogens is 2. The number of aryl methyl sites for hydroxylation is 1. The number of ether oxygens (including phenoxy) is 1. The van der Waals surface area contributed by atoms with E-state index in [-0.39, 0.29) is 0 Å². The van der Waals surface area contributed by atoms with Crippen LogP contribution in [0, 0.1) is 0 Å². The van der Waals surface area contributed by atoms with Crippen LogP contribution in [0.4, 0.5) is 0 Å². The zero-order valence-electron chi connectivity index (χ0n) is 10.0. The van der Waals surface area contributed by atoms with Gasteiger partial charge in [-0.25, -0.2) is 0 Å². The highest BCUT2D eigenvalue weighted by Gasteiger charge is 2.06. The van der Waals surface area contributed by atoms with E-state index in [1.165, 1.54) is 0 Å². The molecule has 0 aliphatic heterocycles. The number of nitrogens with one attached hydrogen (secondary N) is 1. The van der Waals surface area contributed by atoms with Crippen LogP contribution in [0.3, 0.4) is 0 Å². The third-order valence-electron chi connectivity index (χ3n) is 2.45. The maximum absolute atomic E-state index is 6.06. The second-order valence-electron chi connectivity index (χ2n) is 3.60. The Balaban J connectivity index is 2.23. The quantitative estimate of drug-likeness (QED) is 0.709. The van der Waals surface area contributed by atoms with Crippen LogP contribution >= 0.6 is 11.6 Å². The van der Waals surface area contributed by atoms with E-state index in [0.717, 1.165) is 49.8 Å². The first kappa shape index (κ1) is 13.5. The first-order chi connectivity index (χ1) is 7.79. The molecule has 1 aromatic heterocycles. The Morgan fingerprint density at radius 1 is 1.50 bits per heavy atom. The Labute approximate surface area is 102 Å². The van der Waals surface area contributed by atoms with Crippen LogP contribution in [0.15, 0.2) is 6.20 Å². The molecule has 0 saturated heterocycles. The highest BCUT2D eigenvalue weighted by Crippen LogP contribution is 2.16. The van der Waals surface area contributed by atoms with Crippen LogP contribution in [0.5, 0.6) is 0 Å². The molecule has 1 N–H and O–H groups in total. The predicted octanol–water partition coefficient (Wildman–Crippen LogP) is 1.72. The van der Waals surface area contributed by atoms with Gasteiger partial charge in [0.05, 0.1) is 23.5 Å². The molecule has 0 atom stereocenters. The number of hydrogen-bond donors (Lipinski definition) is 1. The third kappa shape index (κ3) is 4.12. The molecule has 5 heteroatoms. The highest BCUT2D eigenvalue weighted by atomic mass is 35.5. The second kappa shape index (κ2) is 7.65. The summed E-state index contributed by atoms with van der Waals surface area (Å²) in [6, 6.07) is 0. The minimum absolute atomic E-state index is 0.758. The van der Waals surface area contributed by atoms with Gasteiger partial charge in [-0.05, 0) is 26.3 Å². The molecule has 1 aromatic rings. The lowest BCUT2D eigenvalue weighted by molar-refractivity contribution is 0.199. The molecule has 4 nitrogen and oxygen atoms in total. The predicted molar refractivity (Wildman–Crippen MR) is 66.0 cm³/mol. The SMILES string of the molecule is CCn1ncc(Cl)c1CCCNCCOC. The van der Waals surface area contributed by atoms with E-state index in [1.54, 1.807) is 13.3 Å². The average molecular weight is 246 g/mol. The molecule has 16 heavy (non-hydrogen) atoms. The number of methoxy groups -OCH3 is 1. The van der Waals surface area contributed by atoms with Gasteiger partial charge in [0.15, 0.2) is 0 Å². The molecule has 1 rings (SSSR count). The summed E-state index contributed by atoms with van der Waals surface area (Å²) in [6.07, 6.45) is 3.75. The van der Waals surface area contributed by atoms with Crippen LogP contribution in [0.2, 0.25) is 5.02 Å². The van der Waals surface area contributed by atoms with Gasteiger partial charge in [-0.1, -0.05) is 11.6 Å². The van der Waals surface area contributed by atoms with Crippen LogP contribution < -0.4 is 5.32 Å². The van der Waals surface area contributed by atoms with Crippen molar-refractivity contribution in [1.82, 2.24) is 15.1 Å². The Bertz CT molecular complexity index is 301. The van der Waals surface area contributed by atoms with E-state index in [4.69, 9.17) is 16.3 Å². The first-order valence-corrected chi connectivity index (χ1v) is 6.07. The lowest BCUT2D eigenvalue weighted by atomic mass is 10.2. The van der Waals surface area contributed by atoms with E-state index in [2.05, 4.69) is 17.3 Å². The standard InChI is InChI=1S/C11H20ClN3O/c1-3-15-11(10(12)9-14-15)5-4-6-13-7-8-16-2/h9,13H,3-8H2,1-2H3. The van der Waals surface area contributed by atoms with Gasteiger partial charge in [0.25, 0.3) is 0 Å². The van der Waals surface area contributed by atoms with Crippen molar-refractivity contribution < 1.29 is 4.74 Å². The monoisotopic (exact) mass is 245 g/mol. The van der Waals surface area contributed by atoms with E-state index >= 15 is 0 Å².